The molecular weight excluding hydrogens is 304 g/mol. The smallest absolute Gasteiger partial charge is 0.163 e. The van der Waals surface area contributed by atoms with Crippen LogP contribution in [0, 0.1) is 0 Å². The average Bonchev–Trinajstić information content (AvgIpc) is 2.51. The van der Waals surface area contributed by atoms with Gasteiger partial charge < -0.3 is 19.3 Å². The van der Waals surface area contributed by atoms with E-state index in [2.05, 4.69) is 18.7 Å². The number of hydrogen-bond donors (Lipinski definition) is 1. The monoisotopic (exact) mass is 334 g/mol. The Morgan fingerprint density at radius 1 is 1.29 bits per heavy atom. The van der Waals surface area contributed by atoms with Crippen LogP contribution in [0.15, 0.2) is 43.0 Å². The molecule has 4 heteroatoms. The first-order valence-electron chi connectivity index (χ1n) is 8.75. The van der Waals surface area contributed by atoms with E-state index in [0.717, 1.165) is 12.8 Å². The van der Waals surface area contributed by atoms with Gasteiger partial charge in [-0.1, -0.05) is 36.4 Å². The van der Waals surface area contributed by atoms with Crippen molar-refractivity contribution in [2.24, 2.45) is 0 Å². The summed E-state index contributed by atoms with van der Waals surface area (Å²) in [5.41, 5.74) is 1.18. The summed E-state index contributed by atoms with van der Waals surface area (Å²) >= 11 is 0. The number of aliphatic hydroxyl groups excluding tert-OH is 1. The minimum atomic E-state index is -0.624. The zero-order valence-corrected chi connectivity index (χ0v) is 14.8. The van der Waals surface area contributed by atoms with Crippen LogP contribution in [0.1, 0.15) is 45.1 Å². The van der Waals surface area contributed by atoms with E-state index in [1.807, 2.05) is 32.0 Å². The summed E-state index contributed by atoms with van der Waals surface area (Å²) in [6, 6.07) is 10.2. The van der Waals surface area contributed by atoms with Crippen molar-refractivity contribution < 1.29 is 19.3 Å². The topological polar surface area (TPSA) is 47.9 Å². The maximum absolute atomic E-state index is 9.98. The summed E-state index contributed by atoms with van der Waals surface area (Å²) in [5.74, 6) is -0.624. The minimum absolute atomic E-state index is 0.00261. The maximum Gasteiger partial charge on any atom is 0.163 e. The summed E-state index contributed by atoms with van der Waals surface area (Å²) in [4.78, 5) is 0. The third kappa shape index (κ3) is 6.73. The highest BCUT2D eigenvalue weighted by molar-refractivity contribution is 5.13. The average molecular weight is 334 g/mol. The fourth-order valence-corrected chi connectivity index (χ4v) is 3.11. The molecule has 0 spiro atoms. The molecule has 3 atom stereocenters. The molecule has 2 rings (SSSR count). The summed E-state index contributed by atoms with van der Waals surface area (Å²) in [6.45, 7) is 8.80. The Bertz CT molecular complexity index is 486. The molecule has 0 amide bonds. The Morgan fingerprint density at radius 2 is 2.00 bits per heavy atom. The number of aliphatic hydroxyl groups is 1. The fourth-order valence-electron chi connectivity index (χ4n) is 3.11. The molecular formula is C20H30O4. The Hall–Kier alpha value is -1.20. The molecule has 134 valence electrons. The van der Waals surface area contributed by atoms with Gasteiger partial charge in [0.2, 0.25) is 0 Å². The van der Waals surface area contributed by atoms with Crippen LogP contribution in [-0.2, 0) is 20.8 Å². The molecule has 24 heavy (non-hydrogen) atoms. The number of benzene rings is 1. The number of hydrogen-bond acceptors (Lipinski definition) is 4. The van der Waals surface area contributed by atoms with Crippen LogP contribution >= 0.6 is 0 Å². The maximum atomic E-state index is 9.98. The second-order valence-electron chi connectivity index (χ2n) is 6.86. The van der Waals surface area contributed by atoms with Crippen molar-refractivity contribution in [3.05, 3.63) is 48.6 Å². The normalized spacial score (nSPS) is 24.5. The van der Waals surface area contributed by atoms with Crippen LogP contribution in [0.5, 0.6) is 0 Å². The number of ether oxygens (including phenoxy) is 3. The standard InChI is InChI=1S/C20H30O4/c1-4-8-17(21)13-19-14-18(23-20(2,3)24-19)11-12-22-15-16-9-6-5-7-10-16/h4-7,9-10,17-19,21H,1,8,11-15H2,2-3H3/t17-,18-,19-/m1/s1. The molecule has 0 saturated carbocycles. The van der Waals surface area contributed by atoms with Crippen molar-refractivity contribution in [1.29, 1.82) is 0 Å². The molecule has 1 fully saturated rings. The first-order chi connectivity index (χ1) is 11.5. The number of rotatable bonds is 9. The summed E-state index contributed by atoms with van der Waals surface area (Å²) in [7, 11) is 0. The molecule has 0 aliphatic carbocycles. The van der Waals surface area contributed by atoms with Crippen LogP contribution in [0.25, 0.3) is 0 Å². The van der Waals surface area contributed by atoms with Crippen molar-refractivity contribution in [3.8, 4) is 0 Å². The molecule has 1 aromatic rings. The Labute approximate surface area is 145 Å². The molecule has 1 aliphatic heterocycles. The van der Waals surface area contributed by atoms with Gasteiger partial charge in [-0.05, 0) is 32.3 Å². The third-order valence-corrected chi connectivity index (χ3v) is 4.10. The van der Waals surface area contributed by atoms with Crippen molar-refractivity contribution in [3.63, 3.8) is 0 Å². The molecule has 0 radical (unpaired) electrons. The Kier molecular flexibility index (Phi) is 7.43. The predicted octanol–water partition coefficient (Wildman–Crippen LogP) is 3.83. The van der Waals surface area contributed by atoms with Gasteiger partial charge in [0.15, 0.2) is 5.79 Å². The predicted molar refractivity (Wildman–Crippen MR) is 94.6 cm³/mol. The lowest BCUT2D eigenvalue weighted by atomic mass is 9.99. The van der Waals surface area contributed by atoms with E-state index < -0.39 is 11.9 Å². The zero-order valence-electron chi connectivity index (χ0n) is 14.8. The lowest BCUT2D eigenvalue weighted by Gasteiger charge is -2.41. The van der Waals surface area contributed by atoms with E-state index in [1.54, 1.807) is 6.08 Å². The van der Waals surface area contributed by atoms with Crippen molar-refractivity contribution in [1.82, 2.24) is 0 Å². The molecule has 1 aliphatic rings. The Balaban J connectivity index is 1.75. The van der Waals surface area contributed by atoms with Gasteiger partial charge in [-0.3, -0.25) is 0 Å². The molecule has 0 unspecified atom stereocenters. The lowest BCUT2D eigenvalue weighted by molar-refractivity contribution is -0.304. The van der Waals surface area contributed by atoms with E-state index in [1.165, 1.54) is 5.56 Å². The van der Waals surface area contributed by atoms with Crippen LogP contribution in [0.4, 0.5) is 0 Å². The van der Waals surface area contributed by atoms with Crippen molar-refractivity contribution in [2.45, 2.75) is 70.2 Å². The van der Waals surface area contributed by atoms with Crippen LogP contribution in [0.2, 0.25) is 0 Å². The summed E-state index contributed by atoms with van der Waals surface area (Å²) < 4.78 is 17.7. The zero-order chi connectivity index (χ0) is 17.4. The van der Waals surface area contributed by atoms with E-state index in [-0.39, 0.29) is 12.2 Å². The van der Waals surface area contributed by atoms with Gasteiger partial charge >= 0.3 is 0 Å². The van der Waals surface area contributed by atoms with Gasteiger partial charge in [-0.2, -0.15) is 0 Å². The second kappa shape index (κ2) is 9.33. The summed E-state index contributed by atoms with van der Waals surface area (Å²) in [6.07, 6.45) is 4.24. The molecule has 1 saturated heterocycles. The van der Waals surface area contributed by atoms with E-state index >= 15 is 0 Å². The van der Waals surface area contributed by atoms with Crippen LogP contribution < -0.4 is 0 Å². The largest absolute Gasteiger partial charge is 0.393 e. The second-order valence-corrected chi connectivity index (χ2v) is 6.86. The highest BCUT2D eigenvalue weighted by Crippen LogP contribution is 2.30. The van der Waals surface area contributed by atoms with Gasteiger partial charge in [0.25, 0.3) is 0 Å². The van der Waals surface area contributed by atoms with E-state index in [0.29, 0.717) is 26.1 Å². The van der Waals surface area contributed by atoms with Gasteiger partial charge in [0.1, 0.15) is 0 Å². The minimum Gasteiger partial charge on any atom is -0.393 e. The third-order valence-electron chi connectivity index (χ3n) is 4.10. The van der Waals surface area contributed by atoms with E-state index in [4.69, 9.17) is 14.2 Å². The van der Waals surface area contributed by atoms with E-state index in [9.17, 15) is 5.11 Å². The molecule has 0 bridgehead atoms. The quantitative estimate of drug-likeness (QED) is 0.551. The van der Waals surface area contributed by atoms with Crippen molar-refractivity contribution >= 4 is 0 Å². The van der Waals surface area contributed by atoms with Gasteiger partial charge in [-0.15, -0.1) is 6.58 Å². The SMILES string of the molecule is C=CC[C@@H](O)C[C@@H]1C[C@@H](CCOCc2ccccc2)OC(C)(C)O1. The molecule has 4 nitrogen and oxygen atoms in total. The summed E-state index contributed by atoms with van der Waals surface area (Å²) in [5, 5.41) is 9.98. The molecule has 0 aromatic heterocycles. The molecule has 1 heterocycles. The van der Waals surface area contributed by atoms with Crippen LogP contribution in [-0.4, -0.2) is 35.8 Å². The van der Waals surface area contributed by atoms with Gasteiger partial charge in [0.05, 0.1) is 24.9 Å². The van der Waals surface area contributed by atoms with Gasteiger partial charge in [0, 0.05) is 19.4 Å². The van der Waals surface area contributed by atoms with Gasteiger partial charge in [-0.25, -0.2) is 0 Å². The highest BCUT2D eigenvalue weighted by Gasteiger charge is 2.35. The molecule has 1 aromatic carbocycles. The Morgan fingerprint density at radius 3 is 2.71 bits per heavy atom. The van der Waals surface area contributed by atoms with Crippen molar-refractivity contribution in [2.75, 3.05) is 6.61 Å². The van der Waals surface area contributed by atoms with Crippen LogP contribution in [0.3, 0.4) is 0 Å². The fraction of sp³-hybridized carbons (Fsp3) is 0.600. The molecule has 1 N–H and O–H groups in total. The first kappa shape index (κ1) is 19.1. The first-order valence-corrected chi connectivity index (χ1v) is 8.75. The lowest BCUT2D eigenvalue weighted by Crippen LogP contribution is -2.45. The highest BCUT2D eigenvalue weighted by atomic mass is 16.7.